The number of carbonyl (C=O) groups is 2. The van der Waals surface area contributed by atoms with E-state index in [-0.39, 0.29) is 23.4 Å². The normalized spacial score (nSPS) is 12.7. The van der Waals surface area contributed by atoms with Crippen molar-refractivity contribution in [2.75, 3.05) is 17.5 Å². The van der Waals surface area contributed by atoms with Crippen LogP contribution in [-0.4, -0.2) is 50.4 Å². The summed E-state index contributed by atoms with van der Waals surface area (Å²) in [7, 11) is -4.13. The van der Waals surface area contributed by atoms with Crippen LogP contribution in [0.5, 0.6) is 5.75 Å². The van der Waals surface area contributed by atoms with E-state index in [1.807, 2.05) is 58.9 Å². The van der Waals surface area contributed by atoms with Crippen molar-refractivity contribution in [3.63, 3.8) is 0 Å². The fourth-order valence-corrected chi connectivity index (χ4v) is 5.59. The molecule has 2 atom stereocenters. The van der Waals surface area contributed by atoms with E-state index < -0.39 is 28.5 Å². The van der Waals surface area contributed by atoms with Gasteiger partial charge in [-0.2, -0.15) is 0 Å². The minimum atomic E-state index is -4.13. The molecule has 0 fully saturated rings. The number of ether oxygens (including phenoxy) is 1. The molecule has 0 aliphatic heterocycles. The van der Waals surface area contributed by atoms with Crippen molar-refractivity contribution in [3.05, 3.63) is 89.5 Å². The molecule has 0 saturated carbocycles. The van der Waals surface area contributed by atoms with Gasteiger partial charge in [0.1, 0.15) is 18.3 Å². The second kappa shape index (κ2) is 14.2. The SMILES string of the molecule is CCOc1ccc(N(CC(=O)N(Cc2ccc(C)cc2)[C@@H](C)C(=O)N[C@@H](C)CC)S(=O)(=O)c2ccc(C)cc2)cc1. The summed E-state index contributed by atoms with van der Waals surface area (Å²) in [5.74, 6) is -0.206. The van der Waals surface area contributed by atoms with Crippen molar-refractivity contribution >= 4 is 27.5 Å². The largest absolute Gasteiger partial charge is 0.494 e. The summed E-state index contributed by atoms with van der Waals surface area (Å²) < 4.78 is 34.5. The molecule has 3 rings (SSSR count). The predicted molar refractivity (Wildman–Crippen MR) is 162 cm³/mol. The zero-order chi connectivity index (χ0) is 30.2. The molecule has 0 aliphatic carbocycles. The Morgan fingerprint density at radius 3 is 1.95 bits per heavy atom. The molecule has 9 heteroatoms. The van der Waals surface area contributed by atoms with Crippen LogP contribution in [0.1, 0.15) is 50.8 Å². The van der Waals surface area contributed by atoms with Crippen molar-refractivity contribution < 1.29 is 22.7 Å². The highest BCUT2D eigenvalue weighted by molar-refractivity contribution is 7.92. The molecule has 0 heterocycles. The molecule has 3 aromatic carbocycles. The van der Waals surface area contributed by atoms with Gasteiger partial charge in [0.15, 0.2) is 0 Å². The smallest absolute Gasteiger partial charge is 0.264 e. The van der Waals surface area contributed by atoms with Gasteiger partial charge in [-0.25, -0.2) is 8.42 Å². The van der Waals surface area contributed by atoms with E-state index in [0.29, 0.717) is 18.0 Å². The van der Waals surface area contributed by atoms with Gasteiger partial charge in [0.05, 0.1) is 17.2 Å². The number of carbonyl (C=O) groups excluding carboxylic acids is 2. The summed E-state index contributed by atoms with van der Waals surface area (Å²) in [5.41, 5.74) is 3.13. The molecule has 0 spiro atoms. The van der Waals surface area contributed by atoms with Crippen molar-refractivity contribution in [1.82, 2.24) is 10.2 Å². The van der Waals surface area contributed by atoms with Gasteiger partial charge in [-0.05, 0) is 83.0 Å². The summed E-state index contributed by atoms with van der Waals surface area (Å²) in [5, 5.41) is 2.95. The summed E-state index contributed by atoms with van der Waals surface area (Å²) in [6.45, 7) is 11.4. The molecule has 2 amide bonds. The van der Waals surface area contributed by atoms with E-state index in [9.17, 15) is 18.0 Å². The lowest BCUT2D eigenvalue weighted by Crippen LogP contribution is -2.52. The molecule has 0 radical (unpaired) electrons. The van der Waals surface area contributed by atoms with Gasteiger partial charge in [-0.3, -0.25) is 13.9 Å². The maximum Gasteiger partial charge on any atom is 0.264 e. The number of rotatable bonds is 13. The topological polar surface area (TPSA) is 96.0 Å². The Morgan fingerprint density at radius 1 is 0.854 bits per heavy atom. The lowest BCUT2D eigenvalue weighted by atomic mass is 10.1. The average molecular weight is 580 g/mol. The molecular weight excluding hydrogens is 538 g/mol. The third-order valence-corrected chi connectivity index (χ3v) is 8.75. The van der Waals surface area contributed by atoms with Crippen LogP contribution in [0.2, 0.25) is 0 Å². The quantitative estimate of drug-likeness (QED) is 0.299. The molecular formula is C32H41N3O5S. The van der Waals surface area contributed by atoms with E-state index in [1.54, 1.807) is 43.3 Å². The van der Waals surface area contributed by atoms with Crippen molar-refractivity contribution in [2.45, 2.75) is 71.5 Å². The standard InChI is InChI=1S/C32H41N3O5S/c1-7-25(5)33-32(37)26(6)34(21-27-13-9-23(3)10-14-27)31(36)22-35(28-15-17-29(18-16-28)40-8-2)41(38,39)30-19-11-24(4)12-20-30/h9-20,25-26H,7-8,21-22H2,1-6H3,(H,33,37)/t25-,26-/m0/s1. The van der Waals surface area contributed by atoms with Crippen molar-refractivity contribution in [2.24, 2.45) is 0 Å². The zero-order valence-corrected chi connectivity index (χ0v) is 25.6. The van der Waals surface area contributed by atoms with Crippen molar-refractivity contribution in [3.8, 4) is 5.75 Å². The van der Waals surface area contributed by atoms with Crippen LogP contribution < -0.4 is 14.4 Å². The molecule has 8 nitrogen and oxygen atoms in total. The first kappa shape index (κ1) is 31.7. The lowest BCUT2D eigenvalue weighted by molar-refractivity contribution is -0.139. The first-order valence-electron chi connectivity index (χ1n) is 13.9. The molecule has 0 aromatic heterocycles. The summed E-state index contributed by atoms with van der Waals surface area (Å²) in [4.78, 5) is 28.7. The maximum absolute atomic E-state index is 14.0. The van der Waals surface area contributed by atoms with E-state index in [0.717, 1.165) is 27.4 Å². The molecule has 1 N–H and O–H groups in total. The van der Waals surface area contributed by atoms with Crippen LogP contribution in [0, 0.1) is 13.8 Å². The fraction of sp³-hybridized carbons (Fsp3) is 0.375. The average Bonchev–Trinajstić information content (AvgIpc) is 2.95. The Labute approximate surface area is 244 Å². The van der Waals surface area contributed by atoms with Gasteiger partial charge in [-0.1, -0.05) is 54.4 Å². The highest BCUT2D eigenvalue weighted by Gasteiger charge is 2.32. The van der Waals surface area contributed by atoms with Crippen LogP contribution in [-0.2, 0) is 26.2 Å². The number of nitrogens with zero attached hydrogens (tertiary/aromatic N) is 2. The second-order valence-corrected chi connectivity index (χ2v) is 12.1. The molecule has 0 bridgehead atoms. The van der Waals surface area contributed by atoms with Crippen LogP contribution in [0.15, 0.2) is 77.7 Å². The molecule has 0 unspecified atom stereocenters. The Kier molecular flexibility index (Phi) is 10.9. The third kappa shape index (κ3) is 8.33. The van der Waals surface area contributed by atoms with E-state index in [4.69, 9.17) is 4.74 Å². The van der Waals surface area contributed by atoms with Crippen LogP contribution >= 0.6 is 0 Å². The first-order valence-corrected chi connectivity index (χ1v) is 15.4. The highest BCUT2D eigenvalue weighted by atomic mass is 32.2. The van der Waals surface area contributed by atoms with E-state index >= 15 is 0 Å². The monoisotopic (exact) mass is 579 g/mol. The number of anilines is 1. The molecule has 220 valence electrons. The van der Waals surface area contributed by atoms with Gasteiger partial charge < -0.3 is 15.0 Å². The Morgan fingerprint density at radius 2 is 1.41 bits per heavy atom. The summed E-state index contributed by atoms with van der Waals surface area (Å²) in [6.07, 6.45) is 0.741. The number of nitrogens with one attached hydrogen (secondary N) is 1. The molecule has 0 aliphatic rings. The number of hydrogen-bond acceptors (Lipinski definition) is 5. The first-order chi connectivity index (χ1) is 19.5. The molecule has 0 saturated heterocycles. The third-order valence-electron chi connectivity index (χ3n) is 6.97. The molecule has 41 heavy (non-hydrogen) atoms. The number of benzene rings is 3. The summed E-state index contributed by atoms with van der Waals surface area (Å²) >= 11 is 0. The minimum Gasteiger partial charge on any atom is -0.494 e. The Bertz CT molecular complexity index is 1410. The maximum atomic E-state index is 14.0. The Hall–Kier alpha value is -3.85. The van der Waals surface area contributed by atoms with Crippen molar-refractivity contribution in [1.29, 1.82) is 0 Å². The number of hydrogen-bond donors (Lipinski definition) is 1. The van der Waals surface area contributed by atoms with Gasteiger partial charge in [0.25, 0.3) is 10.0 Å². The van der Waals surface area contributed by atoms with Crippen LogP contribution in [0.4, 0.5) is 5.69 Å². The Balaban J connectivity index is 2.02. The number of amides is 2. The number of aryl methyl sites for hydroxylation is 2. The zero-order valence-electron chi connectivity index (χ0n) is 24.8. The van der Waals surface area contributed by atoms with Gasteiger partial charge in [0, 0.05) is 12.6 Å². The van der Waals surface area contributed by atoms with Crippen LogP contribution in [0.25, 0.3) is 0 Å². The number of sulfonamides is 1. The van der Waals surface area contributed by atoms with Gasteiger partial charge >= 0.3 is 0 Å². The fourth-order valence-electron chi connectivity index (χ4n) is 4.18. The highest BCUT2D eigenvalue weighted by Crippen LogP contribution is 2.27. The second-order valence-electron chi connectivity index (χ2n) is 10.3. The minimum absolute atomic E-state index is 0.0662. The van der Waals surface area contributed by atoms with E-state index in [1.165, 1.54) is 17.0 Å². The van der Waals surface area contributed by atoms with E-state index in [2.05, 4.69) is 5.32 Å². The lowest BCUT2D eigenvalue weighted by Gasteiger charge is -2.32. The predicted octanol–water partition coefficient (Wildman–Crippen LogP) is 5.23. The van der Waals surface area contributed by atoms with Gasteiger partial charge in [-0.15, -0.1) is 0 Å². The van der Waals surface area contributed by atoms with Gasteiger partial charge in [0.2, 0.25) is 11.8 Å². The van der Waals surface area contributed by atoms with Crippen LogP contribution in [0.3, 0.4) is 0 Å². The molecule has 3 aromatic rings. The summed E-state index contributed by atoms with van der Waals surface area (Å²) in [6, 6.07) is 19.9.